The SMILES string of the molecule is CCC1C[C@]1(NC(=O)OC(C)(C)C)C(=O)OC. The summed E-state index contributed by atoms with van der Waals surface area (Å²) in [4.78, 5) is 23.3. The van der Waals surface area contributed by atoms with Gasteiger partial charge >= 0.3 is 12.1 Å². The summed E-state index contributed by atoms with van der Waals surface area (Å²) >= 11 is 0. The molecule has 1 rings (SSSR count). The summed E-state index contributed by atoms with van der Waals surface area (Å²) in [5, 5.41) is 2.64. The third-order valence-electron chi connectivity index (χ3n) is 2.87. The summed E-state index contributed by atoms with van der Waals surface area (Å²) in [5.41, 5.74) is -1.44. The molecule has 0 aromatic carbocycles. The van der Waals surface area contributed by atoms with E-state index >= 15 is 0 Å². The Labute approximate surface area is 102 Å². The second kappa shape index (κ2) is 4.55. The van der Waals surface area contributed by atoms with Gasteiger partial charge in [0.15, 0.2) is 0 Å². The van der Waals surface area contributed by atoms with Gasteiger partial charge in [0.05, 0.1) is 7.11 Å². The second-order valence-electron chi connectivity index (χ2n) is 5.40. The Hall–Kier alpha value is -1.26. The number of amides is 1. The molecule has 5 nitrogen and oxygen atoms in total. The van der Waals surface area contributed by atoms with Crippen molar-refractivity contribution in [2.45, 2.75) is 51.7 Å². The summed E-state index contributed by atoms with van der Waals surface area (Å²) in [5.74, 6) is -0.252. The molecule has 1 saturated carbocycles. The van der Waals surface area contributed by atoms with Crippen LogP contribution in [-0.4, -0.2) is 30.3 Å². The predicted octanol–water partition coefficient (Wildman–Crippen LogP) is 1.85. The van der Waals surface area contributed by atoms with Crippen LogP contribution >= 0.6 is 0 Å². The normalized spacial score (nSPS) is 27.2. The minimum atomic E-state index is -0.869. The van der Waals surface area contributed by atoms with Gasteiger partial charge in [-0.3, -0.25) is 0 Å². The van der Waals surface area contributed by atoms with E-state index in [1.807, 2.05) is 6.92 Å². The summed E-state index contributed by atoms with van der Waals surface area (Å²) in [6.45, 7) is 7.32. The Kier molecular flexibility index (Phi) is 3.69. The van der Waals surface area contributed by atoms with Gasteiger partial charge in [0, 0.05) is 0 Å². The lowest BCUT2D eigenvalue weighted by atomic mass is 10.1. The van der Waals surface area contributed by atoms with Crippen LogP contribution in [0.4, 0.5) is 4.79 Å². The van der Waals surface area contributed by atoms with Crippen molar-refractivity contribution in [3.8, 4) is 0 Å². The van der Waals surface area contributed by atoms with E-state index in [2.05, 4.69) is 5.32 Å². The average molecular weight is 243 g/mol. The standard InChI is InChI=1S/C12H21NO4/c1-6-8-7-12(8,9(14)16-5)13-10(15)17-11(2,3)4/h8H,6-7H2,1-5H3,(H,13,15)/t8?,12-/m1/s1. The molecule has 2 atom stereocenters. The topological polar surface area (TPSA) is 64.6 Å². The Morgan fingerprint density at radius 2 is 2.00 bits per heavy atom. The molecule has 98 valence electrons. The Balaban J connectivity index is 2.64. The molecule has 1 fully saturated rings. The number of ether oxygens (including phenoxy) is 2. The highest BCUT2D eigenvalue weighted by atomic mass is 16.6. The minimum absolute atomic E-state index is 0.141. The van der Waals surface area contributed by atoms with Crippen LogP contribution in [0.25, 0.3) is 0 Å². The first-order valence-electron chi connectivity index (χ1n) is 5.84. The molecule has 0 aromatic heterocycles. The molecule has 0 aliphatic heterocycles. The maximum atomic E-state index is 11.7. The lowest BCUT2D eigenvalue weighted by Gasteiger charge is -2.23. The number of carbonyl (C=O) groups is 2. The van der Waals surface area contributed by atoms with Gasteiger partial charge in [0.25, 0.3) is 0 Å². The summed E-state index contributed by atoms with van der Waals surface area (Å²) in [6.07, 6.45) is 0.874. The van der Waals surface area contributed by atoms with Crippen LogP contribution in [0.15, 0.2) is 0 Å². The molecule has 0 spiro atoms. The number of nitrogens with one attached hydrogen (secondary N) is 1. The van der Waals surface area contributed by atoms with E-state index in [4.69, 9.17) is 9.47 Å². The first-order chi connectivity index (χ1) is 7.75. The van der Waals surface area contributed by atoms with Gasteiger partial charge in [-0.15, -0.1) is 0 Å². The molecule has 1 N–H and O–H groups in total. The predicted molar refractivity (Wildman–Crippen MR) is 62.5 cm³/mol. The van der Waals surface area contributed by atoms with Crippen molar-refractivity contribution in [3.05, 3.63) is 0 Å². The number of rotatable bonds is 3. The summed E-state index contributed by atoms with van der Waals surface area (Å²) < 4.78 is 9.87. The van der Waals surface area contributed by atoms with Crippen LogP contribution in [0.1, 0.15) is 40.5 Å². The zero-order valence-corrected chi connectivity index (χ0v) is 11.1. The molecule has 5 heteroatoms. The molecular formula is C12H21NO4. The highest BCUT2D eigenvalue weighted by Crippen LogP contribution is 2.46. The van der Waals surface area contributed by atoms with Crippen LogP contribution in [-0.2, 0) is 14.3 Å². The molecule has 0 radical (unpaired) electrons. The van der Waals surface area contributed by atoms with Crippen molar-refractivity contribution in [2.24, 2.45) is 5.92 Å². The molecule has 0 aromatic rings. The quantitative estimate of drug-likeness (QED) is 0.768. The van der Waals surface area contributed by atoms with Gasteiger partial charge in [-0.1, -0.05) is 13.3 Å². The van der Waals surface area contributed by atoms with Gasteiger partial charge < -0.3 is 14.8 Å². The number of hydrogen-bond donors (Lipinski definition) is 1. The fourth-order valence-corrected chi connectivity index (χ4v) is 1.94. The van der Waals surface area contributed by atoms with Crippen molar-refractivity contribution in [1.29, 1.82) is 0 Å². The highest BCUT2D eigenvalue weighted by molar-refractivity contribution is 5.89. The summed E-state index contributed by atoms with van der Waals surface area (Å²) in [7, 11) is 1.33. The Morgan fingerprint density at radius 3 is 2.35 bits per heavy atom. The number of carbonyl (C=O) groups excluding carboxylic acids is 2. The largest absolute Gasteiger partial charge is 0.467 e. The maximum absolute atomic E-state index is 11.7. The molecule has 17 heavy (non-hydrogen) atoms. The summed E-state index contributed by atoms with van der Waals surface area (Å²) in [6, 6.07) is 0. The van der Waals surface area contributed by atoms with E-state index in [0.29, 0.717) is 6.42 Å². The van der Waals surface area contributed by atoms with Crippen molar-refractivity contribution in [1.82, 2.24) is 5.32 Å². The first-order valence-corrected chi connectivity index (χ1v) is 5.84. The van der Waals surface area contributed by atoms with Crippen LogP contribution in [0.2, 0.25) is 0 Å². The maximum Gasteiger partial charge on any atom is 0.408 e. The molecule has 0 heterocycles. The van der Waals surface area contributed by atoms with Crippen molar-refractivity contribution in [3.63, 3.8) is 0 Å². The fraction of sp³-hybridized carbons (Fsp3) is 0.833. The molecule has 1 aliphatic carbocycles. The number of esters is 1. The van der Waals surface area contributed by atoms with Gasteiger partial charge in [-0.05, 0) is 33.1 Å². The van der Waals surface area contributed by atoms with Crippen LogP contribution < -0.4 is 5.32 Å². The first kappa shape index (κ1) is 13.8. The van der Waals surface area contributed by atoms with E-state index in [1.165, 1.54) is 7.11 Å². The van der Waals surface area contributed by atoms with Crippen molar-refractivity contribution < 1.29 is 19.1 Å². The fourth-order valence-electron chi connectivity index (χ4n) is 1.94. The van der Waals surface area contributed by atoms with Gasteiger partial charge in [-0.2, -0.15) is 0 Å². The number of hydrogen-bond acceptors (Lipinski definition) is 4. The van der Waals surface area contributed by atoms with E-state index < -0.39 is 23.2 Å². The van der Waals surface area contributed by atoms with E-state index in [0.717, 1.165) is 6.42 Å². The van der Waals surface area contributed by atoms with Crippen molar-refractivity contribution >= 4 is 12.1 Å². The van der Waals surface area contributed by atoms with Crippen molar-refractivity contribution in [2.75, 3.05) is 7.11 Å². The third kappa shape index (κ3) is 3.11. The zero-order valence-electron chi connectivity index (χ0n) is 11.1. The lowest BCUT2D eigenvalue weighted by molar-refractivity contribution is -0.144. The van der Waals surface area contributed by atoms with E-state index in [-0.39, 0.29) is 5.92 Å². The van der Waals surface area contributed by atoms with Gasteiger partial charge in [-0.25, -0.2) is 9.59 Å². The number of alkyl carbamates (subject to hydrolysis) is 1. The Morgan fingerprint density at radius 1 is 1.41 bits per heavy atom. The molecule has 0 saturated heterocycles. The molecular weight excluding hydrogens is 222 g/mol. The molecule has 1 amide bonds. The molecule has 0 bridgehead atoms. The second-order valence-corrected chi connectivity index (χ2v) is 5.40. The Bertz CT molecular complexity index is 321. The smallest absolute Gasteiger partial charge is 0.408 e. The lowest BCUT2D eigenvalue weighted by Crippen LogP contribution is -2.47. The van der Waals surface area contributed by atoms with Crippen LogP contribution in [0, 0.1) is 5.92 Å². The average Bonchev–Trinajstić information content (AvgIpc) is 2.88. The monoisotopic (exact) mass is 243 g/mol. The van der Waals surface area contributed by atoms with Crippen LogP contribution in [0.3, 0.4) is 0 Å². The van der Waals surface area contributed by atoms with Gasteiger partial charge in [0.2, 0.25) is 0 Å². The van der Waals surface area contributed by atoms with E-state index in [9.17, 15) is 9.59 Å². The third-order valence-corrected chi connectivity index (χ3v) is 2.87. The zero-order chi connectivity index (χ0) is 13.3. The minimum Gasteiger partial charge on any atom is -0.467 e. The van der Waals surface area contributed by atoms with E-state index in [1.54, 1.807) is 20.8 Å². The van der Waals surface area contributed by atoms with Crippen LogP contribution in [0.5, 0.6) is 0 Å². The molecule has 1 unspecified atom stereocenters. The number of methoxy groups -OCH3 is 1. The highest BCUT2D eigenvalue weighted by Gasteiger charge is 2.61. The van der Waals surface area contributed by atoms with Gasteiger partial charge in [0.1, 0.15) is 11.1 Å². The molecule has 1 aliphatic rings.